The molecule has 1 fully saturated rings. The van der Waals surface area contributed by atoms with Crippen molar-refractivity contribution in [3.05, 3.63) is 76.3 Å². The number of carbonyl (C=O) groups excluding carboxylic acids is 1. The molecular weight excluding hydrogens is 362 g/mol. The average Bonchev–Trinajstić information content (AvgIpc) is 3.43. The van der Waals surface area contributed by atoms with Crippen molar-refractivity contribution in [2.75, 3.05) is 13.1 Å². The Hall–Kier alpha value is -1.87. The number of nitrogens with zero attached hydrogens (tertiary/aromatic N) is 1. The smallest absolute Gasteiger partial charge is 0.226 e. The van der Waals surface area contributed by atoms with Crippen LogP contribution in [0.15, 0.2) is 65.1 Å². The molecule has 0 bridgehead atoms. The molecular formula is C21H20BrNO. The van der Waals surface area contributed by atoms with E-state index in [4.69, 9.17) is 0 Å². The summed E-state index contributed by atoms with van der Waals surface area (Å²) in [4.78, 5) is 14.8. The fourth-order valence-corrected chi connectivity index (χ4v) is 3.83. The van der Waals surface area contributed by atoms with Crippen LogP contribution in [0.2, 0.25) is 0 Å². The maximum Gasteiger partial charge on any atom is 0.226 e. The maximum atomic E-state index is 12.7. The second-order valence-electron chi connectivity index (χ2n) is 6.63. The molecule has 0 aromatic heterocycles. The van der Waals surface area contributed by atoms with E-state index < -0.39 is 0 Å². The monoisotopic (exact) mass is 381 g/mol. The predicted octanol–water partition coefficient (Wildman–Crippen LogP) is 4.87. The predicted molar refractivity (Wildman–Crippen MR) is 101 cm³/mol. The molecule has 2 unspecified atom stereocenters. The number of halogens is 1. The molecule has 1 amide bonds. The summed E-state index contributed by atoms with van der Waals surface area (Å²) in [6.07, 6.45) is 4.16. The van der Waals surface area contributed by atoms with E-state index in [9.17, 15) is 4.79 Å². The molecule has 0 spiro atoms. The van der Waals surface area contributed by atoms with Gasteiger partial charge in [0.1, 0.15) is 0 Å². The van der Waals surface area contributed by atoms with Gasteiger partial charge in [-0.25, -0.2) is 0 Å². The first-order valence-corrected chi connectivity index (χ1v) is 9.30. The molecule has 3 heteroatoms. The third-order valence-corrected chi connectivity index (χ3v) is 5.60. The standard InChI is InChI=1S/C21H20BrNO/c22-18-8-6-17(7-9-18)19-14-20(19)21(24)23-12-10-16(11-13-23)15-4-2-1-3-5-15/h1-10,19-20H,11-14H2. The van der Waals surface area contributed by atoms with Crippen molar-refractivity contribution in [1.29, 1.82) is 0 Å². The first-order chi connectivity index (χ1) is 11.7. The van der Waals surface area contributed by atoms with Crippen molar-refractivity contribution < 1.29 is 4.79 Å². The van der Waals surface area contributed by atoms with Gasteiger partial charge in [0.2, 0.25) is 5.91 Å². The van der Waals surface area contributed by atoms with Crippen molar-refractivity contribution in [2.24, 2.45) is 5.92 Å². The normalized spacial score (nSPS) is 22.9. The minimum absolute atomic E-state index is 0.179. The van der Waals surface area contributed by atoms with E-state index in [2.05, 4.69) is 70.5 Å². The summed E-state index contributed by atoms with van der Waals surface area (Å²) in [7, 11) is 0. The van der Waals surface area contributed by atoms with Crippen LogP contribution in [0.3, 0.4) is 0 Å². The molecule has 1 saturated carbocycles. The van der Waals surface area contributed by atoms with Crippen molar-refractivity contribution in [2.45, 2.75) is 18.8 Å². The van der Waals surface area contributed by atoms with Crippen molar-refractivity contribution in [3.63, 3.8) is 0 Å². The zero-order valence-corrected chi connectivity index (χ0v) is 15.1. The SMILES string of the molecule is O=C(C1CC1c1ccc(Br)cc1)N1CC=C(c2ccccc2)CC1. The summed E-state index contributed by atoms with van der Waals surface area (Å²) < 4.78 is 1.09. The van der Waals surface area contributed by atoms with Crippen LogP contribution >= 0.6 is 15.9 Å². The zero-order chi connectivity index (χ0) is 16.5. The minimum Gasteiger partial charge on any atom is -0.338 e. The topological polar surface area (TPSA) is 20.3 Å². The Morgan fingerprint density at radius 2 is 1.79 bits per heavy atom. The lowest BCUT2D eigenvalue weighted by atomic mass is 9.99. The van der Waals surface area contributed by atoms with Gasteiger partial charge in [0.15, 0.2) is 0 Å². The Balaban J connectivity index is 1.39. The lowest BCUT2D eigenvalue weighted by Crippen LogP contribution is -2.36. The Morgan fingerprint density at radius 3 is 2.46 bits per heavy atom. The number of amides is 1. The van der Waals surface area contributed by atoms with E-state index in [1.54, 1.807) is 0 Å². The fraction of sp³-hybridized carbons (Fsp3) is 0.286. The summed E-state index contributed by atoms with van der Waals surface area (Å²) in [5.74, 6) is 0.911. The molecule has 2 aromatic rings. The lowest BCUT2D eigenvalue weighted by molar-refractivity contribution is -0.132. The van der Waals surface area contributed by atoms with Crippen LogP contribution in [0, 0.1) is 5.92 Å². The fourth-order valence-electron chi connectivity index (χ4n) is 3.56. The first-order valence-electron chi connectivity index (χ1n) is 8.51. The quantitative estimate of drug-likeness (QED) is 0.742. The van der Waals surface area contributed by atoms with E-state index >= 15 is 0 Å². The summed E-state index contributed by atoms with van der Waals surface area (Å²) >= 11 is 3.46. The molecule has 4 rings (SSSR count). The molecule has 2 atom stereocenters. The minimum atomic E-state index is 0.179. The summed E-state index contributed by atoms with van der Waals surface area (Å²) in [6, 6.07) is 18.9. The van der Waals surface area contributed by atoms with Crippen molar-refractivity contribution in [3.8, 4) is 0 Å². The highest BCUT2D eigenvalue weighted by Gasteiger charge is 2.45. The number of benzene rings is 2. The average molecular weight is 382 g/mol. The Morgan fingerprint density at radius 1 is 1.04 bits per heavy atom. The molecule has 1 heterocycles. The highest BCUT2D eigenvalue weighted by molar-refractivity contribution is 9.10. The molecule has 2 aliphatic rings. The highest BCUT2D eigenvalue weighted by Crippen LogP contribution is 2.48. The Labute approximate surface area is 151 Å². The molecule has 1 aliphatic heterocycles. The number of rotatable bonds is 3. The van der Waals surface area contributed by atoms with Gasteiger partial charge >= 0.3 is 0 Å². The van der Waals surface area contributed by atoms with Crippen LogP contribution in [-0.2, 0) is 4.79 Å². The largest absolute Gasteiger partial charge is 0.338 e. The van der Waals surface area contributed by atoms with Crippen LogP contribution < -0.4 is 0 Å². The van der Waals surface area contributed by atoms with Crippen molar-refractivity contribution in [1.82, 2.24) is 4.90 Å². The number of hydrogen-bond acceptors (Lipinski definition) is 1. The zero-order valence-electron chi connectivity index (χ0n) is 13.5. The van der Waals surface area contributed by atoms with Gasteiger partial charge in [0, 0.05) is 23.5 Å². The van der Waals surface area contributed by atoms with Crippen LogP contribution in [0.4, 0.5) is 0 Å². The third kappa shape index (κ3) is 3.18. The number of hydrogen-bond donors (Lipinski definition) is 0. The van der Waals surface area contributed by atoms with E-state index in [1.165, 1.54) is 16.7 Å². The van der Waals surface area contributed by atoms with E-state index in [0.717, 1.165) is 30.4 Å². The van der Waals surface area contributed by atoms with Crippen LogP contribution in [-0.4, -0.2) is 23.9 Å². The second-order valence-corrected chi connectivity index (χ2v) is 7.55. The third-order valence-electron chi connectivity index (χ3n) is 5.07. The van der Waals surface area contributed by atoms with Gasteiger partial charge in [-0.2, -0.15) is 0 Å². The van der Waals surface area contributed by atoms with E-state index in [-0.39, 0.29) is 5.92 Å². The van der Waals surface area contributed by atoms with Gasteiger partial charge in [0.05, 0.1) is 0 Å². The first kappa shape index (κ1) is 15.6. The van der Waals surface area contributed by atoms with Gasteiger partial charge < -0.3 is 4.90 Å². The molecule has 0 radical (unpaired) electrons. The Kier molecular flexibility index (Phi) is 4.28. The summed E-state index contributed by atoms with van der Waals surface area (Å²) in [5.41, 5.74) is 3.93. The van der Waals surface area contributed by atoms with Crippen molar-refractivity contribution >= 4 is 27.4 Å². The van der Waals surface area contributed by atoms with E-state index in [0.29, 0.717) is 11.8 Å². The molecule has 0 N–H and O–H groups in total. The van der Waals surface area contributed by atoms with E-state index in [1.807, 2.05) is 11.0 Å². The maximum absolute atomic E-state index is 12.7. The van der Waals surface area contributed by atoms with Crippen LogP contribution in [0.5, 0.6) is 0 Å². The molecule has 122 valence electrons. The Bertz CT molecular complexity index is 766. The molecule has 2 aromatic carbocycles. The van der Waals surface area contributed by atoms with Gasteiger partial charge in [-0.3, -0.25) is 4.79 Å². The van der Waals surface area contributed by atoms with Gasteiger partial charge in [0.25, 0.3) is 0 Å². The lowest BCUT2D eigenvalue weighted by Gasteiger charge is -2.27. The molecule has 0 saturated heterocycles. The van der Waals surface area contributed by atoms with Crippen LogP contribution in [0.1, 0.15) is 29.9 Å². The van der Waals surface area contributed by atoms with Gasteiger partial charge in [-0.05, 0) is 47.6 Å². The molecule has 1 aliphatic carbocycles. The highest BCUT2D eigenvalue weighted by atomic mass is 79.9. The second kappa shape index (κ2) is 6.56. The van der Waals surface area contributed by atoms with Gasteiger partial charge in [-0.1, -0.05) is 64.5 Å². The summed E-state index contributed by atoms with van der Waals surface area (Å²) in [6.45, 7) is 1.58. The molecule has 2 nitrogen and oxygen atoms in total. The summed E-state index contributed by atoms with van der Waals surface area (Å²) in [5, 5.41) is 0. The molecule has 24 heavy (non-hydrogen) atoms. The van der Waals surface area contributed by atoms with Crippen LogP contribution in [0.25, 0.3) is 5.57 Å². The number of carbonyl (C=O) groups is 1. The van der Waals surface area contributed by atoms with Gasteiger partial charge in [-0.15, -0.1) is 0 Å².